The van der Waals surface area contributed by atoms with Crippen LogP contribution in [0.5, 0.6) is 5.75 Å². The maximum atomic E-state index is 12.9. The zero-order valence-corrected chi connectivity index (χ0v) is 21.5. The summed E-state index contributed by atoms with van der Waals surface area (Å²) in [4.78, 5) is 17.2. The molecular weight excluding hydrogens is 482 g/mol. The minimum atomic E-state index is -0.426. The lowest BCUT2D eigenvalue weighted by atomic mass is 10.1. The number of rotatable bonds is 10. The molecule has 4 aromatic rings. The van der Waals surface area contributed by atoms with Gasteiger partial charge >= 0.3 is 0 Å². The molecule has 38 heavy (non-hydrogen) atoms. The van der Waals surface area contributed by atoms with Gasteiger partial charge in [-0.1, -0.05) is 30.3 Å². The molecule has 0 spiro atoms. The fraction of sp³-hybridized carbons (Fsp3) is 0.310. The van der Waals surface area contributed by atoms with Crippen LogP contribution in [0.3, 0.4) is 0 Å². The maximum absolute atomic E-state index is 12.9. The molecule has 1 amide bonds. The Bertz CT molecular complexity index is 1330. The summed E-state index contributed by atoms with van der Waals surface area (Å²) in [6, 6.07) is 23.2. The average molecular weight is 516 g/mol. The van der Waals surface area contributed by atoms with Crippen LogP contribution < -0.4 is 15.0 Å². The zero-order chi connectivity index (χ0) is 26.3. The number of carbonyl (C=O) groups excluding carboxylic acids is 1. The molecular formula is C29H33N5O4. The minimum Gasteiger partial charge on any atom is -0.491 e. The fourth-order valence-electron chi connectivity index (χ4n) is 4.52. The molecule has 0 saturated carbocycles. The van der Waals surface area contributed by atoms with E-state index in [1.54, 1.807) is 6.92 Å². The third-order valence-corrected chi connectivity index (χ3v) is 6.71. The molecule has 0 bridgehead atoms. The fourth-order valence-corrected chi connectivity index (χ4v) is 4.52. The zero-order valence-electron chi connectivity index (χ0n) is 21.5. The molecule has 3 aromatic carbocycles. The van der Waals surface area contributed by atoms with Gasteiger partial charge in [-0.25, -0.2) is 0 Å². The van der Waals surface area contributed by atoms with E-state index in [2.05, 4.69) is 20.4 Å². The molecule has 1 saturated heterocycles. The van der Waals surface area contributed by atoms with Crippen molar-refractivity contribution in [1.82, 2.24) is 15.1 Å². The first kappa shape index (κ1) is 25.7. The van der Waals surface area contributed by atoms with Gasteiger partial charge in [-0.2, -0.15) is 5.10 Å². The third-order valence-electron chi connectivity index (χ3n) is 6.71. The van der Waals surface area contributed by atoms with E-state index in [0.29, 0.717) is 37.0 Å². The van der Waals surface area contributed by atoms with Crippen LogP contribution in [0.1, 0.15) is 22.8 Å². The quantitative estimate of drug-likeness (QED) is 0.276. The van der Waals surface area contributed by atoms with Crippen molar-refractivity contribution >= 4 is 28.3 Å². The van der Waals surface area contributed by atoms with Crippen molar-refractivity contribution in [2.75, 3.05) is 49.6 Å². The molecule has 5 rings (SSSR count). The number of nitrogens with zero attached hydrogens (tertiary/aromatic N) is 3. The number of H-pyrrole nitrogens is 1. The summed E-state index contributed by atoms with van der Waals surface area (Å²) in [5, 5.41) is 20.7. The molecule has 1 aliphatic rings. The second kappa shape index (κ2) is 12.1. The number of aliphatic hydroxyl groups excluding tert-OH is 1. The Morgan fingerprint density at radius 3 is 2.53 bits per heavy atom. The number of anilines is 2. The number of piperazine rings is 1. The molecule has 9 heteroatoms. The molecule has 9 nitrogen and oxygen atoms in total. The molecule has 0 radical (unpaired) electrons. The van der Waals surface area contributed by atoms with E-state index in [1.165, 1.54) is 0 Å². The van der Waals surface area contributed by atoms with Crippen LogP contribution in [0.2, 0.25) is 0 Å². The highest BCUT2D eigenvalue weighted by Gasteiger charge is 2.20. The van der Waals surface area contributed by atoms with Gasteiger partial charge in [0, 0.05) is 48.9 Å². The predicted molar refractivity (Wildman–Crippen MR) is 148 cm³/mol. The molecule has 1 unspecified atom stereocenters. The van der Waals surface area contributed by atoms with Crippen molar-refractivity contribution in [2.45, 2.75) is 19.8 Å². The number of aromatic nitrogens is 2. The van der Waals surface area contributed by atoms with Gasteiger partial charge in [-0.3, -0.25) is 14.8 Å². The summed E-state index contributed by atoms with van der Waals surface area (Å²) in [5.41, 5.74) is 3.52. The van der Waals surface area contributed by atoms with Crippen LogP contribution in [-0.4, -0.2) is 71.7 Å². The van der Waals surface area contributed by atoms with Crippen LogP contribution in [-0.2, 0) is 11.3 Å². The molecule has 1 fully saturated rings. The number of aliphatic hydroxyl groups is 1. The lowest BCUT2D eigenvalue weighted by Gasteiger charge is -2.37. The molecule has 3 N–H and O–H groups in total. The minimum absolute atomic E-state index is 0.222. The number of nitrogens with one attached hydrogen (secondary N) is 2. The summed E-state index contributed by atoms with van der Waals surface area (Å²) < 4.78 is 11.5. The topological polar surface area (TPSA) is 103 Å². The number of fused-ring (bicyclic) bond motifs is 1. The van der Waals surface area contributed by atoms with E-state index in [1.807, 2.05) is 77.7 Å². The van der Waals surface area contributed by atoms with E-state index in [0.717, 1.165) is 48.3 Å². The third kappa shape index (κ3) is 6.31. The van der Waals surface area contributed by atoms with E-state index in [9.17, 15) is 9.90 Å². The van der Waals surface area contributed by atoms with Crippen molar-refractivity contribution < 1.29 is 19.4 Å². The number of hydrogen-bond donors (Lipinski definition) is 3. The highest BCUT2D eigenvalue weighted by molar-refractivity contribution is 6.08. The van der Waals surface area contributed by atoms with Gasteiger partial charge in [0.15, 0.2) is 5.82 Å². The highest BCUT2D eigenvalue weighted by atomic mass is 16.5. The first-order chi connectivity index (χ1) is 18.6. The van der Waals surface area contributed by atoms with Gasteiger partial charge in [0.2, 0.25) is 0 Å². The second-order valence-electron chi connectivity index (χ2n) is 9.32. The first-order valence-electron chi connectivity index (χ1n) is 12.9. The summed E-state index contributed by atoms with van der Waals surface area (Å²) in [6.45, 7) is 6.54. The average Bonchev–Trinajstić information content (AvgIpc) is 3.35. The predicted octanol–water partition coefficient (Wildman–Crippen LogP) is 3.87. The van der Waals surface area contributed by atoms with E-state index in [4.69, 9.17) is 9.47 Å². The van der Waals surface area contributed by atoms with E-state index in [-0.39, 0.29) is 5.91 Å². The number of benzene rings is 3. The van der Waals surface area contributed by atoms with Gasteiger partial charge in [-0.15, -0.1) is 0 Å². The van der Waals surface area contributed by atoms with Crippen molar-refractivity contribution in [3.8, 4) is 5.75 Å². The monoisotopic (exact) mass is 515 g/mol. The Morgan fingerprint density at radius 1 is 1.03 bits per heavy atom. The Kier molecular flexibility index (Phi) is 8.18. The second-order valence-corrected chi connectivity index (χ2v) is 9.32. The summed E-state index contributed by atoms with van der Waals surface area (Å²) in [5.74, 6) is 0.952. The number of amides is 1. The molecule has 198 valence electrons. The molecule has 0 aliphatic carbocycles. The number of ether oxygens (including phenoxy) is 2. The van der Waals surface area contributed by atoms with E-state index >= 15 is 0 Å². The van der Waals surface area contributed by atoms with Crippen LogP contribution in [0.25, 0.3) is 10.9 Å². The summed E-state index contributed by atoms with van der Waals surface area (Å²) >= 11 is 0. The van der Waals surface area contributed by atoms with Crippen molar-refractivity contribution in [3.63, 3.8) is 0 Å². The first-order valence-corrected chi connectivity index (χ1v) is 12.9. The van der Waals surface area contributed by atoms with Gasteiger partial charge in [0.1, 0.15) is 18.6 Å². The summed E-state index contributed by atoms with van der Waals surface area (Å²) in [6.07, 6.45) is -0.426. The van der Waals surface area contributed by atoms with Gasteiger partial charge in [-0.05, 0) is 48.9 Å². The van der Waals surface area contributed by atoms with Crippen molar-refractivity contribution in [1.29, 1.82) is 0 Å². The molecule has 1 atom stereocenters. The smallest absolute Gasteiger partial charge is 0.256 e. The summed E-state index contributed by atoms with van der Waals surface area (Å²) in [7, 11) is 0. The molecule has 1 aliphatic heterocycles. The Hall–Kier alpha value is -3.92. The van der Waals surface area contributed by atoms with Crippen LogP contribution in [0, 0.1) is 0 Å². The van der Waals surface area contributed by atoms with Gasteiger partial charge in [0.25, 0.3) is 5.91 Å². The molecule has 1 aromatic heterocycles. The Labute approximate surface area is 222 Å². The lowest BCUT2D eigenvalue weighted by molar-refractivity contribution is 0.0153. The highest BCUT2D eigenvalue weighted by Crippen LogP contribution is 2.26. The van der Waals surface area contributed by atoms with Crippen LogP contribution in [0.15, 0.2) is 72.8 Å². The number of carbonyl (C=O) groups is 1. The standard InChI is InChI=1S/C29H33N5O4/c1-21(35)33-13-15-34(16-14-33)24-9-7-23(8-10-24)29(36)30-28-26-12-11-25(19-27(26)31-32-28)38-18-17-37-20-22-5-3-2-4-6-22/h2-12,19,21,35H,13-18,20H2,1H3,(H2,30,31,32,36). The largest absolute Gasteiger partial charge is 0.491 e. The number of hydrogen-bond acceptors (Lipinski definition) is 7. The molecule has 2 heterocycles. The Morgan fingerprint density at radius 2 is 1.79 bits per heavy atom. The van der Waals surface area contributed by atoms with Crippen LogP contribution in [0.4, 0.5) is 11.5 Å². The van der Waals surface area contributed by atoms with Crippen LogP contribution >= 0.6 is 0 Å². The van der Waals surface area contributed by atoms with E-state index < -0.39 is 6.23 Å². The lowest BCUT2D eigenvalue weighted by Crippen LogP contribution is -2.49. The van der Waals surface area contributed by atoms with Gasteiger partial charge < -0.3 is 24.8 Å². The van der Waals surface area contributed by atoms with Crippen molar-refractivity contribution in [3.05, 3.63) is 83.9 Å². The maximum Gasteiger partial charge on any atom is 0.256 e. The normalized spacial score (nSPS) is 14.9. The number of aromatic amines is 1. The SMILES string of the molecule is CC(O)N1CCN(c2ccc(C(=O)Nc3n[nH]c4cc(OCCOCc5ccccc5)ccc34)cc2)CC1. The van der Waals surface area contributed by atoms with Gasteiger partial charge in [0.05, 0.1) is 18.7 Å². The van der Waals surface area contributed by atoms with Crippen molar-refractivity contribution in [2.24, 2.45) is 0 Å². The Balaban J connectivity index is 1.12.